The molecule has 3 rings (SSSR count). The lowest BCUT2D eigenvalue weighted by atomic mass is 9.70. The molecule has 2 fully saturated rings. The van der Waals surface area contributed by atoms with Crippen molar-refractivity contribution in [2.75, 3.05) is 13.2 Å². The minimum Gasteiger partial charge on any atom is -0.400 e. The fourth-order valence-electron chi connectivity index (χ4n) is 3.69. The Morgan fingerprint density at radius 2 is 1.55 bits per heavy atom. The molecule has 0 aromatic heterocycles. The third-order valence-electron chi connectivity index (χ3n) is 5.95. The van der Waals surface area contributed by atoms with E-state index >= 15 is 0 Å². The van der Waals surface area contributed by atoms with Crippen LogP contribution in [0.5, 0.6) is 0 Å². The highest BCUT2D eigenvalue weighted by molar-refractivity contribution is 6.54. The second-order valence-electron chi connectivity index (χ2n) is 8.04. The molecule has 0 aromatic carbocycles. The van der Waals surface area contributed by atoms with Crippen molar-refractivity contribution in [3.63, 3.8) is 0 Å². The molecule has 1 aliphatic carbocycles. The third-order valence-corrected chi connectivity index (χ3v) is 5.95. The number of hydrogen-bond donors (Lipinski definition) is 0. The van der Waals surface area contributed by atoms with Gasteiger partial charge in [-0.15, -0.1) is 0 Å². The zero-order valence-corrected chi connectivity index (χ0v) is 14.8. The van der Waals surface area contributed by atoms with Gasteiger partial charge in [0.25, 0.3) is 0 Å². The molecule has 2 heterocycles. The fourth-order valence-corrected chi connectivity index (χ4v) is 3.69. The van der Waals surface area contributed by atoms with Gasteiger partial charge in [-0.25, -0.2) is 0 Å². The first kappa shape index (κ1) is 16.5. The minimum atomic E-state index is -0.445. The molecule has 0 amide bonds. The lowest BCUT2D eigenvalue weighted by molar-refractivity contribution is -0.190. The van der Waals surface area contributed by atoms with Crippen LogP contribution in [0.25, 0.3) is 0 Å². The summed E-state index contributed by atoms with van der Waals surface area (Å²) in [6.07, 6.45) is 4.04. The van der Waals surface area contributed by atoms with Gasteiger partial charge in [0, 0.05) is 12.3 Å². The molecular formula is C17H29BO4. The van der Waals surface area contributed by atoms with Gasteiger partial charge < -0.3 is 18.8 Å². The van der Waals surface area contributed by atoms with Gasteiger partial charge in [0.1, 0.15) is 0 Å². The van der Waals surface area contributed by atoms with Crippen LogP contribution in [-0.2, 0) is 18.8 Å². The van der Waals surface area contributed by atoms with Gasteiger partial charge in [-0.3, -0.25) is 0 Å². The second-order valence-corrected chi connectivity index (χ2v) is 8.04. The number of allylic oxidation sites excluding steroid dienone is 1. The van der Waals surface area contributed by atoms with Gasteiger partial charge in [-0.05, 0) is 45.5 Å². The molecule has 5 heteroatoms. The molecule has 0 N–H and O–H groups in total. The number of ether oxygens (including phenoxy) is 2. The Bertz CT molecular complexity index is 449. The molecule has 1 spiro atoms. The predicted octanol–water partition coefficient (Wildman–Crippen LogP) is 3.35. The normalized spacial score (nSPS) is 36.5. The van der Waals surface area contributed by atoms with E-state index in [0.717, 1.165) is 12.8 Å². The lowest BCUT2D eigenvalue weighted by Crippen LogP contribution is -2.41. The summed E-state index contributed by atoms with van der Waals surface area (Å²) >= 11 is 0. The van der Waals surface area contributed by atoms with Crippen LogP contribution in [0.2, 0.25) is 0 Å². The Morgan fingerprint density at radius 1 is 1.00 bits per heavy atom. The van der Waals surface area contributed by atoms with Crippen molar-refractivity contribution in [3.05, 3.63) is 11.5 Å². The molecule has 2 saturated heterocycles. The molecule has 2 aliphatic heterocycles. The van der Waals surface area contributed by atoms with Crippen molar-refractivity contribution in [2.24, 2.45) is 11.8 Å². The number of rotatable bonds is 1. The summed E-state index contributed by atoms with van der Waals surface area (Å²) in [7, 11) is -0.260. The summed E-state index contributed by atoms with van der Waals surface area (Å²) in [5.74, 6) is 0.317. The summed E-state index contributed by atoms with van der Waals surface area (Å²) in [6, 6.07) is 0. The van der Waals surface area contributed by atoms with Gasteiger partial charge in [0.2, 0.25) is 0 Å². The zero-order chi connectivity index (χ0) is 16.2. The standard InChI is InChI=1S/C17H29BO4/c1-12-11-13(2)17(19-9-10-20-17)8-7-14(12)18-21-15(3,4)16(5,6)22-18/h7,12-13H,8-11H2,1-6H3. The van der Waals surface area contributed by atoms with Gasteiger partial charge in [-0.1, -0.05) is 19.9 Å². The van der Waals surface area contributed by atoms with Crippen LogP contribution in [0.1, 0.15) is 54.4 Å². The van der Waals surface area contributed by atoms with E-state index in [0.29, 0.717) is 25.0 Å². The van der Waals surface area contributed by atoms with Crippen molar-refractivity contribution in [2.45, 2.75) is 71.4 Å². The first-order valence-corrected chi connectivity index (χ1v) is 8.50. The van der Waals surface area contributed by atoms with Gasteiger partial charge in [-0.2, -0.15) is 0 Å². The SMILES string of the molecule is CC1CC(C)C2(CC=C1B1OC(C)(C)C(C)(C)O1)OCCO2. The van der Waals surface area contributed by atoms with Crippen LogP contribution in [-0.4, -0.2) is 37.3 Å². The molecule has 0 bridgehead atoms. The fraction of sp³-hybridized carbons (Fsp3) is 0.882. The summed E-state index contributed by atoms with van der Waals surface area (Å²) in [6.45, 7) is 14.3. The van der Waals surface area contributed by atoms with E-state index in [1.54, 1.807) is 0 Å². The van der Waals surface area contributed by atoms with Crippen LogP contribution in [0.4, 0.5) is 0 Å². The Hall–Kier alpha value is -0.355. The summed E-state index contributed by atoms with van der Waals surface area (Å²) in [4.78, 5) is 0. The van der Waals surface area contributed by atoms with E-state index in [1.807, 2.05) is 0 Å². The Labute approximate surface area is 134 Å². The predicted molar refractivity (Wildman–Crippen MR) is 86.4 cm³/mol. The quantitative estimate of drug-likeness (QED) is 0.696. The van der Waals surface area contributed by atoms with Crippen molar-refractivity contribution < 1.29 is 18.8 Å². The smallest absolute Gasteiger partial charge is 0.400 e. The summed E-state index contributed by atoms with van der Waals surface area (Å²) in [5.41, 5.74) is 0.643. The molecule has 0 saturated carbocycles. The zero-order valence-electron chi connectivity index (χ0n) is 14.8. The molecule has 2 atom stereocenters. The van der Waals surface area contributed by atoms with Crippen LogP contribution < -0.4 is 0 Å². The molecule has 3 aliphatic rings. The van der Waals surface area contributed by atoms with E-state index in [2.05, 4.69) is 47.6 Å². The average molecular weight is 308 g/mol. The summed E-state index contributed by atoms with van der Waals surface area (Å²) in [5, 5.41) is 0. The van der Waals surface area contributed by atoms with Crippen LogP contribution in [0.15, 0.2) is 11.5 Å². The topological polar surface area (TPSA) is 36.9 Å². The Balaban J connectivity index is 1.83. The Morgan fingerprint density at radius 3 is 2.09 bits per heavy atom. The monoisotopic (exact) mass is 308 g/mol. The van der Waals surface area contributed by atoms with Crippen LogP contribution in [0.3, 0.4) is 0 Å². The van der Waals surface area contributed by atoms with E-state index in [-0.39, 0.29) is 18.3 Å². The van der Waals surface area contributed by atoms with Gasteiger partial charge in [0.05, 0.1) is 24.4 Å². The highest BCUT2D eigenvalue weighted by Gasteiger charge is 2.54. The minimum absolute atomic E-state index is 0.260. The highest BCUT2D eigenvalue weighted by atomic mass is 16.7. The maximum atomic E-state index is 6.24. The molecule has 4 nitrogen and oxygen atoms in total. The maximum absolute atomic E-state index is 6.24. The van der Waals surface area contributed by atoms with E-state index < -0.39 is 5.79 Å². The van der Waals surface area contributed by atoms with E-state index in [1.165, 1.54) is 5.47 Å². The van der Waals surface area contributed by atoms with E-state index in [9.17, 15) is 0 Å². The van der Waals surface area contributed by atoms with Crippen molar-refractivity contribution in [1.29, 1.82) is 0 Å². The van der Waals surface area contributed by atoms with Gasteiger partial charge in [0.15, 0.2) is 5.79 Å². The molecule has 0 aromatic rings. The molecule has 22 heavy (non-hydrogen) atoms. The lowest BCUT2D eigenvalue weighted by Gasteiger charge is -2.32. The number of hydrogen-bond acceptors (Lipinski definition) is 4. The second kappa shape index (κ2) is 5.33. The van der Waals surface area contributed by atoms with Gasteiger partial charge >= 0.3 is 7.12 Å². The highest BCUT2D eigenvalue weighted by Crippen LogP contribution is 2.44. The molecule has 124 valence electrons. The maximum Gasteiger partial charge on any atom is 0.490 e. The third kappa shape index (κ3) is 2.56. The van der Waals surface area contributed by atoms with Crippen molar-refractivity contribution in [3.8, 4) is 0 Å². The van der Waals surface area contributed by atoms with Crippen molar-refractivity contribution >= 4 is 7.12 Å². The Kier molecular flexibility index (Phi) is 4.00. The van der Waals surface area contributed by atoms with E-state index in [4.69, 9.17) is 18.8 Å². The summed E-state index contributed by atoms with van der Waals surface area (Å²) < 4.78 is 24.4. The average Bonchev–Trinajstić information content (AvgIpc) is 2.90. The van der Waals surface area contributed by atoms with Crippen molar-refractivity contribution in [1.82, 2.24) is 0 Å². The first-order chi connectivity index (χ1) is 10.2. The van der Waals surface area contributed by atoms with Crippen LogP contribution >= 0.6 is 0 Å². The largest absolute Gasteiger partial charge is 0.490 e. The molecule has 0 radical (unpaired) electrons. The first-order valence-electron chi connectivity index (χ1n) is 8.50. The molecule has 2 unspecified atom stereocenters. The molecular weight excluding hydrogens is 279 g/mol. The van der Waals surface area contributed by atoms with Crippen LogP contribution in [0, 0.1) is 11.8 Å².